The zero-order valence-corrected chi connectivity index (χ0v) is 19.4. The van der Waals surface area contributed by atoms with E-state index in [2.05, 4.69) is 25.4 Å². The Labute approximate surface area is 204 Å². The number of aryl methyl sites for hydroxylation is 1. The summed E-state index contributed by atoms with van der Waals surface area (Å²) >= 11 is 0. The highest BCUT2D eigenvalue weighted by Crippen LogP contribution is 2.30. The lowest BCUT2D eigenvalue weighted by Gasteiger charge is -2.26. The lowest BCUT2D eigenvalue weighted by atomic mass is 10.2. The van der Waals surface area contributed by atoms with Gasteiger partial charge in [0.15, 0.2) is 11.3 Å². The molecule has 0 aliphatic carbocycles. The molecule has 0 saturated carbocycles. The van der Waals surface area contributed by atoms with E-state index >= 15 is 0 Å². The van der Waals surface area contributed by atoms with E-state index < -0.39 is 0 Å². The van der Waals surface area contributed by atoms with E-state index in [-0.39, 0.29) is 24.7 Å². The van der Waals surface area contributed by atoms with Crippen molar-refractivity contribution < 1.29 is 18.8 Å². The van der Waals surface area contributed by atoms with Crippen molar-refractivity contribution in [3.63, 3.8) is 0 Å². The average molecular weight is 483 g/mol. The molecule has 4 aromatic heterocycles. The first-order valence-corrected chi connectivity index (χ1v) is 11.7. The van der Waals surface area contributed by atoms with Gasteiger partial charge < -0.3 is 18.9 Å². The van der Waals surface area contributed by atoms with Crippen LogP contribution < -0.4 is 4.74 Å². The molecule has 11 heteroatoms. The van der Waals surface area contributed by atoms with Crippen LogP contribution in [0.15, 0.2) is 53.2 Å². The van der Waals surface area contributed by atoms with Crippen molar-refractivity contribution >= 4 is 22.3 Å². The third kappa shape index (κ3) is 3.39. The predicted molar refractivity (Wildman–Crippen MR) is 126 cm³/mol. The molecule has 1 amide bonds. The second kappa shape index (κ2) is 8.09. The summed E-state index contributed by atoms with van der Waals surface area (Å²) in [5.41, 5.74) is 2.37. The number of pyridine rings is 1. The van der Waals surface area contributed by atoms with Crippen molar-refractivity contribution in [2.24, 2.45) is 0 Å². The van der Waals surface area contributed by atoms with Crippen LogP contribution in [0.4, 0.5) is 0 Å². The Bertz CT molecular complexity index is 1610. The van der Waals surface area contributed by atoms with Crippen LogP contribution in [0.3, 0.4) is 0 Å². The van der Waals surface area contributed by atoms with Crippen LogP contribution in [-0.2, 0) is 11.3 Å². The Kier molecular flexibility index (Phi) is 4.71. The van der Waals surface area contributed by atoms with Gasteiger partial charge in [0.05, 0.1) is 30.0 Å². The van der Waals surface area contributed by atoms with Crippen LogP contribution >= 0.6 is 0 Å². The summed E-state index contributed by atoms with van der Waals surface area (Å²) < 4.78 is 18.5. The molecular weight excluding hydrogens is 462 g/mol. The van der Waals surface area contributed by atoms with Crippen LogP contribution in [0.2, 0.25) is 0 Å². The maximum absolute atomic E-state index is 12.9. The van der Waals surface area contributed by atoms with E-state index in [9.17, 15) is 4.79 Å². The molecule has 0 spiro atoms. The number of hydrogen-bond donors (Lipinski definition) is 0. The molecular formula is C25H21N7O4. The highest BCUT2D eigenvalue weighted by Gasteiger charge is 2.41. The SMILES string of the molecule is Cc1cc(-c2nnc3c4ccccc4c(OCc4ccc(C(=O)N5CC6CC5CO6)cn4)nn23)no1. The molecule has 2 saturated heterocycles. The molecule has 7 rings (SSSR count). The summed E-state index contributed by atoms with van der Waals surface area (Å²) in [6.07, 6.45) is 2.69. The molecule has 1 aromatic carbocycles. The van der Waals surface area contributed by atoms with Crippen molar-refractivity contribution in [3.8, 4) is 17.4 Å². The minimum absolute atomic E-state index is 0.00730. The van der Waals surface area contributed by atoms with Crippen LogP contribution in [-0.4, -0.2) is 66.1 Å². The monoisotopic (exact) mass is 483 g/mol. The lowest BCUT2D eigenvalue weighted by Crippen LogP contribution is -2.41. The average Bonchev–Trinajstić information content (AvgIpc) is 3.71. The van der Waals surface area contributed by atoms with Crippen molar-refractivity contribution in [1.29, 1.82) is 0 Å². The summed E-state index contributed by atoms with van der Waals surface area (Å²) in [6.45, 7) is 3.26. The molecule has 2 unspecified atom stereocenters. The number of benzene rings is 1. The number of amides is 1. The molecule has 0 N–H and O–H groups in total. The molecule has 0 radical (unpaired) electrons. The molecule has 2 aliphatic heterocycles. The van der Waals surface area contributed by atoms with Crippen LogP contribution in [0, 0.1) is 6.92 Å². The van der Waals surface area contributed by atoms with Gasteiger partial charge in [-0.15, -0.1) is 15.3 Å². The van der Waals surface area contributed by atoms with E-state index in [4.69, 9.17) is 14.0 Å². The van der Waals surface area contributed by atoms with E-state index in [1.165, 1.54) is 0 Å². The van der Waals surface area contributed by atoms with Crippen molar-refractivity contribution in [3.05, 3.63) is 65.7 Å². The Hall–Kier alpha value is -4.38. The zero-order valence-electron chi connectivity index (χ0n) is 19.4. The standard InChI is InChI=1S/C25H21N7O4/c1-14-8-21(30-36-14)23-28-27-22-19-4-2-3-5-20(19)24(29-32(22)23)35-12-16-7-6-15(10-26-16)25(33)31-11-18-9-17(31)13-34-18/h2-8,10,17-18H,9,11-13H2,1H3. The fourth-order valence-electron chi connectivity index (χ4n) is 4.88. The number of fused-ring (bicyclic) bond motifs is 5. The van der Waals surface area contributed by atoms with Gasteiger partial charge in [-0.2, -0.15) is 4.52 Å². The normalized spacial score (nSPS) is 19.0. The number of likely N-dealkylation sites (tertiary alicyclic amines) is 1. The fraction of sp³-hybridized carbons (Fsp3) is 0.280. The largest absolute Gasteiger partial charge is 0.470 e. The molecule has 11 nitrogen and oxygen atoms in total. The van der Waals surface area contributed by atoms with E-state index in [0.717, 1.165) is 17.2 Å². The lowest BCUT2D eigenvalue weighted by molar-refractivity contribution is 0.0259. The number of morpholine rings is 1. The molecule has 36 heavy (non-hydrogen) atoms. The smallest absolute Gasteiger partial charge is 0.255 e. The first-order valence-electron chi connectivity index (χ1n) is 11.7. The Morgan fingerprint density at radius 3 is 2.78 bits per heavy atom. The quantitative estimate of drug-likeness (QED) is 0.371. The third-order valence-electron chi connectivity index (χ3n) is 6.68. The molecule has 180 valence electrons. The summed E-state index contributed by atoms with van der Waals surface area (Å²) in [6, 6.07) is 13.3. The van der Waals surface area contributed by atoms with E-state index in [1.54, 1.807) is 28.9 Å². The summed E-state index contributed by atoms with van der Waals surface area (Å²) in [7, 11) is 0. The molecule has 2 atom stereocenters. The van der Waals surface area contributed by atoms with Gasteiger partial charge in [0, 0.05) is 29.6 Å². The highest BCUT2D eigenvalue weighted by atomic mass is 16.5. The van der Waals surface area contributed by atoms with Gasteiger partial charge in [-0.05, 0) is 31.5 Å². The minimum atomic E-state index is -0.00730. The van der Waals surface area contributed by atoms with Crippen molar-refractivity contribution in [2.45, 2.75) is 32.1 Å². The van der Waals surface area contributed by atoms with Gasteiger partial charge in [0.25, 0.3) is 5.91 Å². The minimum Gasteiger partial charge on any atom is -0.470 e. The van der Waals surface area contributed by atoms with E-state index in [0.29, 0.717) is 53.2 Å². The Balaban J connectivity index is 1.16. The number of hydrogen-bond acceptors (Lipinski definition) is 9. The number of carbonyl (C=O) groups excluding carboxylic acids is 1. The van der Waals surface area contributed by atoms with Gasteiger partial charge >= 0.3 is 0 Å². The first-order chi connectivity index (χ1) is 17.6. The van der Waals surface area contributed by atoms with Gasteiger partial charge in [-0.25, -0.2) is 0 Å². The van der Waals surface area contributed by atoms with Gasteiger partial charge in [-0.1, -0.05) is 23.4 Å². The maximum Gasteiger partial charge on any atom is 0.255 e. The molecule has 2 aliphatic rings. The van der Waals surface area contributed by atoms with Crippen molar-refractivity contribution in [1.82, 2.24) is 34.9 Å². The molecule has 2 bridgehead atoms. The zero-order chi connectivity index (χ0) is 24.2. The van der Waals surface area contributed by atoms with E-state index in [1.807, 2.05) is 36.1 Å². The second-order valence-electron chi connectivity index (χ2n) is 9.06. The van der Waals surface area contributed by atoms with Crippen LogP contribution in [0.5, 0.6) is 5.88 Å². The summed E-state index contributed by atoms with van der Waals surface area (Å²) in [4.78, 5) is 19.2. The molecule has 2 fully saturated rings. The van der Waals surface area contributed by atoms with Gasteiger partial charge in [0.1, 0.15) is 12.4 Å². The Morgan fingerprint density at radius 2 is 2.06 bits per heavy atom. The summed E-state index contributed by atoms with van der Waals surface area (Å²) in [5.74, 6) is 1.53. The fourth-order valence-corrected chi connectivity index (χ4v) is 4.88. The Morgan fingerprint density at radius 1 is 1.17 bits per heavy atom. The number of rotatable bonds is 5. The predicted octanol–water partition coefficient (Wildman–Crippen LogP) is 2.83. The van der Waals surface area contributed by atoms with Crippen LogP contribution in [0.1, 0.15) is 28.2 Å². The number of nitrogens with zero attached hydrogens (tertiary/aromatic N) is 7. The topological polar surface area (TPSA) is 121 Å². The second-order valence-corrected chi connectivity index (χ2v) is 9.06. The molecule has 5 aromatic rings. The maximum atomic E-state index is 12.9. The van der Waals surface area contributed by atoms with Gasteiger partial charge in [0.2, 0.25) is 11.7 Å². The number of aromatic nitrogens is 6. The van der Waals surface area contributed by atoms with Gasteiger partial charge in [-0.3, -0.25) is 9.78 Å². The molecule has 6 heterocycles. The number of carbonyl (C=O) groups is 1. The number of ether oxygens (including phenoxy) is 2. The van der Waals surface area contributed by atoms with Crippen LogP contribution in [0.25, 0.3) is 27.9 Å². The third-order valence-corrected chi connectivity index (χ3v) is 6.68. The first kappa shape index (κ1) is 20.9. The van der Waals surface area contributed by atoms with Crippen molar-refractivity contribution in [2.75, 3.05) is 13.2 Å². The highest BCUT2D eigenvalue weighted by molar-refractivity contribution is 5.97. The summed E-state index contributed by atoms with van der Waals surface area (Å²) in [5, 5.41) is 19.0.